The lowest BCUT2D eigenvalue weighted by Gasteiger charge is -2.34. The summed E-state index contributed by atoms with van der Waals surface area (Å²) >= 11 is 6.31. The van der Waals surface area contributed by atoms with Gasteiger partial charge in [0.15, 0.2) is 0 Å². The molecular weight excluding hydrogens is 412 g/mol. The number of carbonyl (C=O) groups is 2. The van der Waals surface area contributed by atoms with Crippen molar-refractivity contribution < 1.29 is 14.7 Å². The lowest BCUT2D eigenvalue weighted by molar-refractivity contribution is -0.120. The molecule has 0 aliphatic carbocycles. The SMILES string of the molecule is Cc1ccc(C2=C(N3CCCC(CO)C3)C(=O)N(c3cccc(Cl)c3C)C2=O)c(C)c1. The maximum Gasteiger partial charge on any atom is 0.282 e. The van der Waals surface area contributed by atoms with E-state index >= 15 is 0 Å². The molecule has 5 nitrogen and oxygen atoms in total. The molecular formula is C25H27ClN2O3. The normalized spacial score (nSPS) is 19.6. The van der Waals surface area contributed by atoms with Gasteiger partial charge in [-0.15, -0.1) is 0 Å². The van der Waals surface area contributed by atoms with Crippen LogP contribution in [-0.2, 0) is 9.59 Å². The topological polar surface area (TPSA) is 60.9 Å². The summed E-state index contributed by atoms with van der Waals surface area (Å²) in [5, 5.41) is 10.2. The number of piperidine rings is 1. The third-order valence-electron chi connectivity index (χ3n) is 6.28. The summed E-state index contributed by atoms with van der Waals surface area (Å²) in [7, 11) is 0. The third kappa shape index (κ3) is 3.77. The number of aryl methyl sites for hydroxylation is 2. The summed E-state index contributed by atoms with van der Waals surface area (Å²) in [5.41, 5.74) is 4.88. The summed E-state index contributed by atoms with van der Waals surface area (Å²) in [6.45, 7) is 7.09. The zero-order valence-electron chi connectivity index (χ0n) is 18.1. The molecule has 4 rings (SSSR count). The Morgan fingerprint density at radius 1 is 1.10 bits per heavy atom. The van der Waals surface area contributed by atoms with Crippen LogP contribution in [0.4, 0.5) is 5.69 Å². The molecule has 1 N–H and O–H groups in total. The fourth-order valence-electron chi connectivity index (χ4n) is 4.62. The monoisotopic (exact) mass is 438 g/mol. The maximum atomic E-state index is 13.7. The Morgan fingerprint density at radius 3 is 2.58 bits per heavy atom. The van der Waals surface area contributed by atoms with Crippen LogP contribution in [-0.4, -0.2) is 41.5 Å². The van der Waals surface area contributed by atoms with Crippen molar-refractivity contribution >= 4 is 34.7 Å². The van der Waals surface area contributed by atoms with E-state index < -0.39 is 0 Å². The molecule has 2 aromatic rings. The number of aliphatic hydroxyl groups is 1. The molecule has 2 aliphatic heterocycles. The van der Waals surface area contributed by atoms with Gasteiger partial charge in [0.25, 0.3) is 11.8 Å². The van der Waals surface area contributed by atoms with E-state index in [0.717, 1.165) is 29.5 Å². The number of hydrogen-bond acceptors (Lipinski definition) is 4. The number of halogens is 1. The van der Waals surface area contributed by atoms with Crippen molar-refractivity contribution in [2.75, 3.05) is 24.6 Å². The fraction of sp³-hybridized carbons (Fsp3) is 0.360. The van der Waals surface area contributed by atoms with Gasteiger partial charge in [-0.3, -0.25) is 9.59 Å². The van der Waals surface area contributed by atoms with Crippen LogP contribution in [0.25, 0.3) is 5.57 Å². The standard InChI is InChI=1S/C25H27ClN2O3/c1-15-9-10-19(16(2)12-15)22-23(27-11-5-6-18(13-27)14-29)25(31)28(24(22)30)21-8-4-7-20(26)17(21)3/h4,7-10,12,18,29H,5-6,11,13-14H2,1-3H3. The number of carbonyl (C=O) groups excluding carboxylic acids is 2. The van der Waals surface area contributed by atoms with Gasteiger partial charge in [0, 0.05) is 24.7 Å². The second-order valence-electron chi connectivity index (χ2n) is 8.51. The van der Waals surface area contributed by atoms with E-state index in [9.17, 15) is 14.7 Å². The summed E-state index contributed by atoms with van der Waals surface area (Å²) in [6.07, 6.45) is 1.78. The number of amides is 2. The Balaban J connectivity index is 1.88. The van der Waals surface area contributed by atoms with Crippen LogP contribution in [0.2, 0.25) is 5.02 Å². The number of benzene rings is 2. The molecule has 2 aliphatic rings. The first-order valence-electron chi connectivity index (χ1n) is 10.6. The highest BCUT2D eigenvalue weighted by atomic mass is 35.5. The summed E-state index contributed by atoms with van der Waals surface area (Å²) in [4.78, 5) is 30.7. The lowest BCUT2D eigenvalue weighted by atomic mass is 9.95. The minimum absolute atomic E-state index is 0.0714. The molecule has 0 spiro atoms. The molecule has 2 aromatic carbocycles. The number of aliphatic hydroxyl groups excluding tert-OH is 1. The molecule has 6 heteroatoms. The van der Waals surface area contributed by atoms with Crippen molar-refractivity contribution in [3.63, 3.8) is 0 Å². The molecule has 162 valence electrons. The second-order valence-corrected chi connectivity index (χ2v) is 8.92. The highest BCUT2D eigenvalue weighted by molar-refractivity contribution is 6.46. The van der Waals surface area contributed by atoms with Crippen molar-refractivity contribution in [2.45, 2.75) is 33.6 Å². The van der Waals surface area contributed by atoms with E-state index in [4.69, 9.17) is 11.6 Å². The van der Waals surface area contributed by atoms with Gasteiger partial charge in [0.2, 0.25) is 0 Å². The van der Waals surface area contributed by atoms with Crippen molar-refractivity contribution in [3.05, 3.63) is 69.4 Å². The van der Waals surface area contributed by atoms with Crippen LogP contribution in [0.5, 0.6) is 0 Å². The summed E-state index contributed by atoms with van der Waals surface area (Å²) in [6, 6.07) is 11.2. The Labute approximate surface area is 187 Å². The molecule has 0 bridgehead atoms. The van der Waals surface area contributed by atoms with E-state index in [-0.39, 0.29) is 24.3 Å². The van der Waals surface area contributed by atoms with Crippen LogP contribution in [0.15, 0.2) is 42.1 Å². The number of anilines is 1. The van der Waals surface area contributed by atoms with Gasteiger partial charge in [0.05, 0.1) is 11.3 Å². The van der Waals surface area contributed by atoms with Crippen LogP contribution >= 0.6 is 11.6 Å². The Bertz CT molecular complexity index is 1090. The van der Waals surface area contributed by atoms with Crippen molar-refractivity contribution in [3.8, 4) is 0 Å². The van der Waals surface area contributed by atoms with E-state index in [2.05, 4.69) is 0 Å². The number of nitrogens with zero attached hydrogens (tertiary/aromatic N) is 2. The lowest BCUT2D eigenvalue weighted by Crippen LogP contribution is -2.40. The highest BCUT2D eigenvalue weighted by Gasteiger charge is 2.44. The van der Waals surface area contributed by atoms with Gasteiger partial charge in [-0.1, -0.05) is 41.4 Å². The Hall–Kier alpha value is -2.63. The second kappa shape index (κ2) is 8.48. The first-order chi connectivity index (χ1) is 14.8. The van der Waals surface area contributed by atoms with Gasteiger partial charge < -0.3 is 10.0 Å². The molecule has 2 heterocycles. The highest BCUT2D eigenvalue weighted by Crippen LogP contribution is 2.39. The Kier molecular flexibility index (Phi) is 5.91. The molecule has 31 heavy (non-hydrogen) atoms. The quantitative estimate of drug-likeness (QED) is 0.725. The van der Waals surface area contributed by atoms with Crippen LogP contribution in [0.1, 0.15) is 35.1 Å². The predicted octanol–water partition coefficient (Wildman–Crippen LogP) is 4.25. The Morgan fingerprint density at radius 2 is 1.87 bits per heavy atom. The van der Waals surface area contributed by atoms with Gasteiger partial charge >= 0.3 is 0 Å². The first-order valence-corrected chi connectivity index (χ1v) is 11.0. The van der Waals surface area contributed by atoms with Crippen LogP contribution in [0, 0.1) is 26.7 Å². The number of hydrogen-bond donors (Lipinski definition) is 1. The van der Waals surface area contributed by atoms with Crippen LogP contribution in [0.3, 0.4) is 0 Å². The maximum absolute atomic E-state index is 13.7. The molecule has 1 fully saturated rings. The van der Waals surface area contributed by atoms with E-state index in [1.807, 2.05) is 43.9 Å². The summed E-state index contributed by atoms with van der Waals surface area (Å²) in [5.74, 6) is -0.571. The number of imide groups is 1. The molecule has 0 radical (unpaired) electrons. The third-order valence-corrected chi connectivity index (χ3v) is 6.69. The fourth-order valence-corrected chi connectivity index (χ4v) is 4.79. The molecule has 0 aromatic heterocycles. The molecule has 1 atom stereocenters. The van der Waals surface area contributed by atoms with E-state index in [1.54, 1.807) is 18.2 Å². The minimum atomic E-state index is -0.330. The van der Waals surface area contributed by atoms with Crippen molar-refractivity contribution in [2.24, 2.45) is 5.92 Å². The van der Waals surface area contributed by atoms with Gasteiger partial charge in [-0.2, -0.15) is 0 Å². The predicted molar refractivity (Wildman–Crippen MR) is 123 cm³/mol. The van der Waals surface area contributed by atoms with E-state index in [1.165, 1.54) is 4.90 Å². The smallest absolute Gasteiger partial charge is 0.282 e. The molecule has 1 unspecified atom stereocenters. The largest absolute Gasteiger partial charge is 0.396 e. The summed E-state index contributed by atoms with van der Waals surface area (Å²) < 4.78 is 0. The van der Waals surface area contributed by atoms with Gasteiger partial charge in [-0.25, -0.2) is 4.90 Å². The average molecular weight is 439 g/mol. The zero-order chi connectivity index (χ0) is 22.3. The molecule has 2 amide bonds. The number of likely N-dealkylation sites (tertiary alicyclic amines) is 1. The van der Waals surface area contributed by atoms with Crippen molar-refractivity contribution in [1.29, 1.82) is 0 Å². The first kappa shape index (κ1) is 21.6. The van der Waals surface area contributed by atoms with Crippen LogP contribution < -0.4 is 4.90 Å². The molecule has 1 saturated heterocycles. The minimum Gasteiger partial charge on any atom is -0.396 e. The van der Waals surface area contributed by atoms with Gasteiger partial charge in [0.1, 0.15) is 5.70 Å². The van der Waals surface area contributed by atoms with Gasteiger partial charge in [-0.05, 0) is 68.4 Å². The molecule has 0 saturated carbocycles. The van der Waals surface area contributed by atoms with Crippen molar-refractivity contribution in [1.82, 2.24) is 4.90 Å². The van der Waals surface area contributed by atoms with E-state index in [0.29, 0.717) is 40.6 Å². The zero-order valence-corrected chi connectivity index (χ0v) is 18.9. The number of rotatable bonds is 4. The average Bonchev–Trinajstić information content (AvgIpc) is 3.00.